The molecule has 0 saturated carbocycles. The van der Waals surface area contributed by atoms with E-state index in [0.29, 0.717) is 6.54 Å². The zero-order valence-electron chi connectivity index (χ0n) is 14.5. The summed E-state index contributed by atoms with van der Waals surface area (Å²) in [4.78, 5) is 11.2. The number of rotatable bonds is 14. The molecule has 0 unspecified atom stereocenters. The Kier molecular flexibility index (Phi) is 11.7. The van der Waals surface area contributed by atoms with E-state index < -0.39 is 0 Å². The second kappa shape index (κ2) is 13.6. The lowest BCUT2D eigenvalue weighted by Crippen LogP contribution is -2.42. The van der Waals surface area contributed by atoms with Gasteiger partial charge in [0.2, 0.25) is 5.91 Å². The number of hydrogen-bond acceptors (Lipinski definition) is 3. The summed E-state index contributed by atoms with van der Waals surface area (Å²) in [5.41, 5.74) is 2.76. The minimum absolute atomic E-state index is 0.0275. The Morgan fingerprint density at radius 3 is 1.82 bits per heavy atom. The minimum atomic E-state index is 0.0275. The fraction of sp³-hybridized carbons (Fsp3) is 0.889. The average molecular weight is 309 g/mol. The summed E-state index contributed by atoms with van der Waals surface area (Å²) in [5.74, 6) is 0.832. The van der Waals surface area contributed by atoms with E-state index in [9.17, 15) is 4.79 Å². The molecule has 0 aromatic rings. The number of nitrogens with one attached hydrogen (secondary N) is 2. The van der Waals surface area contributed by atoms with Crippen LogP contribution in [0.4, 0.5) is 0 Å². The quantitative estimate of drug-likeness (QED) is 0.464. The van der Waals surface area contributed by atoms with Gasteiger partial charge in [-0.25, -0.2) is 0 Å². The minimum Gasteiger partial charge on any atom is -0.311 e. The molecule has 1 rings (SSSR count). The van der Waals surface area contributed by atoms with Gasteiger partial charge in [0.05, 0.1) is 0 Å². The predicted molar refractivity (Wildman–Crippen MR) is 93.9 cm³/mol. The molecule has 128 valence electrons. The molecule has 2 N–H and O–H groups in total. The fourth-order valence-corrected chi connectivity index (χ4v) is 2.87. The van der Waals surface area contributed by atoms with Gasteiger partial charge in [0.1, 0.15) is 12.4 Å². The Morgan fingerprint density at radius 2 is 1.32 bits per heavy atom. The molecule has 0 saturated heterocycles. The van der Waals surface area contributed by atoms with Gasteiger partial charge in [0.25, 0.3) is 0 Å². The third kappa shape index (κ3) is 10.6. The molecule has 1 amide bonds. The number of amides is 1. The maximum absolute atomic E-state index is 11.2. The Hall–Kier alpha value is -1.06. The molecule has 1 heterocycles. The predicted octanol–water partition coefficient (Wildman–Crippen LogP) is 4.50. The molecule has 0 fully saturated rings. The molecule has 0 atom stereocenters. The van der Waals surface area contributed by atoms with Gasteiger partial charge < -0.3 is 5.32 Å². The van der Waals surface area contributed by atoms with Crippen LogP contribution >= 0.6 is 0 Å². The summed E-state index contributed by atoms with van der Waals surface area (Å²) >= 11 is 0. The highest BCUT2D eigenvalue weighted by Gasteiger charge is 2.09. The SMILES string of the molecule is CCCCCCCCCCCCCCCC1=NNCC(=O)N1. The van der Waals surface area contributed by atoms with Gasteiger partial charge in [-0.15, -0.1) is 0 Å². The van der Waals surface area contributed by atoms with Gasteiger partial charge in [-0.05, 0) is 6.42 Å². The van der Waals surface area contributed by atoms with E-state index in [1.165, 1.54) is 77.0 Å². The second-order valence-electron chi connectivity index (χ2n) is 6.43. The zero-order valence-corrected chi connectivity index (χ0v) is 14.5. The van der Waals surface area contributed by atoms with Crippen LogP contribution in [0.3, 0.4) is 0 Å². The maximum Gasteiger partial charge on any atom is 0.246 e. The van der Waals surface area contributed by atoms with E-state index in [1.54, 1.807) is 0 Å². The van der Waals surface area contributed by atoms with Crippen molar-refractivity contribution in [3.05, 3.63) is 0 Å². The van der Waals surface area contributed by atoms with E-state index >= 15 is 0 Å². The van der Waals surface area contributed by atoms with Crippen molar-refractivity contribution < 1.29 is 4.79 Å². The zero-order chi connectivity index (χ0) is 15.9. The molecule has 1 aliphatic rings. The van der Waals surface area contributed by atoms with Gasteiger partial charge in [-0.1, -0.05) is 84.0 Å². The summed E-state index contributed by atoms with van der Waals surface area (Å²) in [5, 5.41) is 6.92. The van der Waals surface area contributed by atoms with Crippen molar-refractivity contribution in [2.75, 3.05) is 6.54 Å². The summed E-state index contributed by atoms with van der Waals surface area (Å²) in [6, 6.07) is 0. The number of carbonyl (C=O) groups is 1. The normalized spacial score (nSPS) is 14.4. The van der Waals surface area contributed by atoms with E-state index in [1.807, 2.05) is 0 Å². The van der Waals surface area contributed by atoms with Crippen LogP contribution in [0.15, 0.2) is 5.10 Å². The lowest BCUT2D eigenvalue weighted by molar-refractivity contribution is -0.119. The van der Waals surface area contributed by atoms with Crippen molar-refractivity contribution in [1.29, 1.82) is 0 Å². The topological polar surface area (TPSA) is 53.5 Å². The first kappa shape index (κ1) is 19.0. The van der Waals surface area contributed by atoms with Gasteiger partial charge in [0, 0.05) is 6.42 Å². The number of carbonyl (C=O) groups excluding carboxylic acids is 1. The van der Waals surface area contributed by atoms with Crippen LogP contribution in [0, 0.1) is 0 Å². The Morgan fingerprint density at radius 1 is 0.818 bits per heavy atom. The maximum atomic E-state index is 11.2. The van der Waals surface area contributed by atoms with Crippen molar-refractivity contribution in [1.82, 2.24) is 10.7 Å². The smallest absolute Gasteiger partial charge is 0.246 e. The molecule has 4 nitrogen and oxygen atoms in total. The van der Waals surface area contributed by atoms with Crippen molar-refractivity contribution in [3.63, 3.8) is 0 Å². The highest BCUT2D eigenvalue weighted by molar-refractivity contribution is 6.00. The lowest BCUT2D eigenvalue weighted by atomic mass is 10.0. The first-order valence-electron chi connectivity index (χ1n) is 9.42. The number of hydrogen-bond donors (Lipinski definition) is 2. The van der Waals surface area contributed by atoms with E-state index in [0.717, 1.165) is 18.7 Å². The van der Waals surface area contributed by atoms with E-state index in [2.05, 4.69) is 22.8 Å². The molecule has 4 heteroatoms. The summed E-state index contributed by atoms with van der Waals surface area (Å²) in [6.45, 7) is 2.58. The van der Waals surface area contributed by atoms with Crippen molar-refractivity contribution in [3.8, 4) is 0 Å². The van der Waals surface area contributed by atoms with Crippen molar-refractivity contribution in [2.24, 2.45) is 5.10 Å². The Labute approximate surface area is 136 Å². The highest BCUT2D eigenvalue weighted by Crippen LogP contribution is 2.13. The Bertz CT molecular complexity index is 315. The van der Waals surface area contributed by atoms with Crippen LogP contribution in [-0.2, 0) is 4.79 Å². The fourth-order valence-electron chi connectivity index (χ4n) is 2.87. The van der Waals surface area contributed by atoms with Crippen LogP contribution in [0.5, 0.6) is 0 Å². The van der Waals surface area contributed by atoms with Gasteiger partial charge in [-0.3, -0.25) is 10.2 Å². The lowest BCUT2D eigenvalue weighted by Gasteiger charge is -2.13. The number of amidine groups is 1. The summed E-state index contributed by atoms with van der Waals surface area (Å²) in [7, 11) is 0. The van der Waals surface area contributed by atoms with Gasteiger partial charge in [0.15, 0.2) is 0 Å². The van der Waals surface area contributed by atoms with E-state index in [-0.39, 0.29) is 5.91 Å². The first-order valence-corrected chi connectivity index (χ1v) is 9.42. The highest BCUT2D eigenvalue weighted by atomic mass is 16.2. The molecule has 0 aromatic carbocycles. The van der Waals surface area contributed by atoms with Crippen LogP contribution in [0.1, 0.15) is 96.8 Å². The third-order valence-corrected chi connectivity index (χ3v) is 4.25. The van der Waals surface area contributed by atoms with E-state index in [4.69, 9.17) is 0 Å². The molecular formula is C18H35N3O. The van der Waals surface area contributed by atoms with Crippen LogP contribution in [0.2, 0.25) is 0 Å². The van der Waals surface area contributed by atoms with Crippen LogP contribution in [0.25, 0.3) is 0 Å². The Balaban J connectivity index is 1.76. The largest absolute Gasteiger partial charge is 0.311 e. The molecule has 0 radical (unpaired) electrons. The van der Waals surface area contributed by atoms with Crippen LogP contribution in [-0.4, -0.2) is 18.3 Å². The van der Waals surface area contributed by atoms with Gasteiger partial charge in [-0.2, -0.15) is 5.10 Å². The molecule has 0 bridgehead atoms. The summed E-state index contributed by atoms with van der Waals surface area (Å²) < 4.78 is 0. The molecule has 0 aromatic heterocycles. The second-order valence-corrected chi connectivity index (χ2v) is 6.43. The summed E-state index contributed by atoms with van der Waals surface area (Å²) in [6.07, 6.45) is 18.6. The first-order chi connectivity index (χ1) is 10.8. The van der Waals surface area contributed by atoms with Crippen LogP contribution < -0.4 is 10.7 Å². The van der Waals surface area contributed by atoms with Crippen molar-refractivity contribution in [2.45, 2.75) is 96.8 Å². The third-order valence-electron chi connectivity index (χ3n) is 4.25. The molecular weight excluding hydrogens is 274 g/mol. The average Bonchev–Trinajstić information content (AvgIpc) is 2.52. The van der Waals surface area contributed by atoms with Crippen molar-refractivity contribution >= 4 is 11.7 Å². The standard InChI is InChI=1S/C18H35N3O/c1-2-3-4-5-6-7-8-9-10-11-12-13-14-15-17-20-18(22)16-19-21-17/h19H,2-16H2,1H3,(H,20,21,22). The number of hydrazone groups is 1. The number of nitrogens with zero attached hydrogens (tertiary/aromatic N) is 1. The molecule has 1 aliphatic heterocycles. The monoisotopic (exact) mass is 309 g/mol. The number of unbranched alkanes of at least 4 members (excludes halogenated alkanes) is 12. The van der Waals surface area contributed by atoms with Gasteiger partial charge >= 0.3 is 0 Å². The molecule has 0 aliphatic carbocycles. The molecule has 0 spiro atoms. The molecule has 22 heavy (non-hydrogen) atoms.